The number of aromatic hydroxyl groups is 1. The molecular weight excluding hydrogens is 438 g/mol. The van der Waals surface area contributed by atoms with Crippen molar-refractivity contribution in [3.63, 3.8) is 0 Å². The van der Waals surface area contributed by atoms with Crippen LogP contribution in [0.3, 0.4) is 0 Å². The van der Waals surface area contributed by atoms with Crippen molar-refractivity contribution in [3.8, 4) is 5.75 Å². The van der Waals surface area contributed by atoms with Crippen molar-refractivity contribution in [2.24, 2.45) is 23.2 Å². The summed E-state index contributed by atoms with van der Waals surface area (Å²) < 4.78 is 1.09. The van der Waals surface area contributed by atoms with E-state index in [1.54, 1.807) is 0 Å². The molecule has 4 rings (SSSR count). The summed E-state index contributed by atoms with van der Waals surface area (Å²) in [7, 11) is 0. The van der Waals surface area contributed by atoms with Crippen LogP contribution in [0.25, 0.3) is 0 Å². The molecular formula is C26H38BrNO2. The highest BCUT2D eigenvalue weighted by Gasteiger charge is 2.55. The van der Waals surface area contributed by atoms with Gasteiger partial charge in [-0.2, -0.15) is 0 Å². The quantitative estimate of drug-likeness (QED) is 0.528. The van der Waals surface area contributed by atoms with Crippen molar-refractivity contribution in [2.45, 2.75) is 97.6 Å². The lowest BCUT2D eigenvalue weighted by molar-refractivity contribution is -0.137. The Kier molecular flexibility index (Phi) is 6.02. The Hall–Kier alpha value is -1.03. The zero-order chi connectivity index (χ0) is 21.8. The molecule has 0 unspecified atom stereocenters. The van der Waals surface area contributed by atoms with Crippen LogP contribution in [0.15, 0.2) is 16.6 Å². The van der Waals surface area contributed by atoms with Crippen molar-refractivity contribution in [1.82, 2.24) is 4.90 Å². The molecule has 0 aromatic heterocycles. The molecule has 1 aromatic carbocycles. The third kappa shape index (κ3) is 3.61. The maximum absolute atomic E-state index is 13.2. The Labute approximate surface area is 190 Å². The van der Waals surface area contributed by atoms with Gasteiger partial charge in [-0.25, -0.2) is 0 Å². The van der Waals surface area contributed by atoms with Crippen LogP contribution < -0.4 is 0 Å². The Bertz CT molecular complexity index is 811. The molecule has 0 aliphatic heterocycles. The van der Waals surface area contributed by atoms with E-state index in [-0.39, 0.29) is 17.5 Å². The molecule has 1 amide bonds. The van der Waals surface area contributed by atoms with Crippen LogP contribution >= 0.6 is 15.9 Å². The van der Waals surface area contributed by atoms with Crippen molar-refractivity contribution < 1.29 is 9.90 Å². The summed E-state index contributed by atoms with van der Waals surface area (Å²) in [6.07, 6.45) is 7.89. The molecule has 30 heavy (non-hydrogen) atoms. The lowest BCUT2D eigenvalue weighted by Gasteiger charge is -2.51. The van der Waals surface area contributed by atoms with Gasteiger partial charge in [0, 0.05) is 23.0 Å². The monoisotopic (exact) mass is 475 g/mol. The number of halogens is 1. The second kappa shape index (κ2) is 8.15. The van der Waals surface area contributed by atoms with Crippen LogP contribution in [-0.2, 0) is 11.2 Å². The zero-order valence-electron chi connectivity index (χ0n) is 19.2. The van der Waals surface area contributed by atoms with E-state index in [1.807, 2.05) is 12.1 Å². The van der Waals surface area contributed by atoms with Crippen molar-refractivity contribution >= 4 is 21.8 Å². The number of carbonyl (C=O) groups is 1. The van der Waals surface area contributed by atoms with Crippen molar-refractivity contribution in [2.75, 3.05) is 0 Å². The molecule has 1 aromatic rings. The van der Waals surface area contributed by atoms with Crippen molar-refractivity contribution in [1.29, 1.82) is 0 Å². The van der Waals surface area contributed by atoms with Gasteiger partial charge in [-0.1, -0.05) is 22.9 Å². The molecule has 2 saturated carbocycles. The molecule has 3 aliphatic rings. The third-order valence-corrected chi connectivity index (χ3v) is 9.43. The first-order chi connectivity index (χ1) is 14.1. The first-order valence-electron chi connectivity index (χ1n) is 12.0. The minimum Gasteiger partial charge on any atom is -0.508 e. The number of phenolic OH excluding ortho intramolecular Hbond substituents is 1. The van der Waals surface area contributed by atoms with E-state index in [4.69, 9.17) is 0 Å². The molecule has 166 valence electrons. The van der Waals surface area contributed by atoms with E-state index in [9.17, 15) is 9.90 Å². The SMILES string of the molecule is CC(C)N(C(=O)C[C@H]1CC[C@H]2[C@@H]3CCc4cc(O)cc(Br)c4[C@H]3CC[C@]12C)C(C)C. The molecule has 4 heteroatoms. The van der Waals surface area contributed by atoms with Crippen LogP contribution in [-0.4, -0.2) is 28.0 Å². The van der Waals surface area contributed by atoms with E-state index >= 15 is 0 Å². The summed E-state index contributed by atoms with van der Waals surface area (Å²) >= 11 is 3.76. The summed E-state index contributed by atoms with van der Waals surface area (Å²) in [5.74, 6) is 3.26. The molecule has 2 fully saturated rings. The summed E-state index contributed by atoms with van der Waals surface area (Å²) in [4.78, 5) is 15.3. The van der Waals surface area contributed by atoms with Gasteiger partial charge in [0.05, 0.1) is 0 Å². The number of nitrogens with zero attached hydrogens (tertiary/aromatic N) is 1. The maximum atomic E-state index is 13.2. The number of hydrogen-bond acceptors (Lipinski definition) is 2. The number of fused-ring (bicyclic) bond motifs is 5. The predicted octanol–water partition coefficient (Wildman–Crippen LogP) is 6.66. The Morgan fingerprint density at radius 3 is 2.53 bits per heavy atom. The lowest BCUT2D eigenvalue weighted by Crippen LogP contribution is -2.46. The minimum atomic E-state index is 0.266. The highest BCUT2D eigenvalue weighted by atomic mass is 79.9. The molecule has 5 atom stereocenters. The van der Waals surface area contributed by atoms with Crippen LogP contribution in [0.2, 0.25) is 0 Å². The number of rotatable bonds is 4. The maximum Gasteiger partial charge on any atom is 0.223 e. The first kappa shape index (κ1) is 22.2. The topological polar surface area (TPSA) is 40.5 Å². The summed E-state index contributed by atoms with van der Waals surface area (Å²) in [6, 6.07) is 4.38. The zero-order valence-corrected chi connectivity index (χ0v) is 20.8. The predicted molar refractivity (Wildman–Crippen MR) is 126 cm³/mol. The van der Waals surface area contributed by atoms with Gasteiger partial charge in [0.2, 0.25) is 5.91 Å². The van der Waals surface area contributed by atoms with Crippen LogP contribution in [0, 0.1) is 23.2 Å². The number of amides is 1. The number of hydrogen-bond donors (Lipinski definition) is 1. The molecule has 0 spiro atoms. The molecule has 0 saturated heterocycles. The van der Waals surface area contributed by atoms with Gasteiger partial charge >= 0.3 is 0 Å². The lowest BCUT2D eigenvalue weighted by atomic mass is 9.54. The van der Waals surface area contributed by atoms with E-state index in [0.717, 1.165) is 23.2 Å². The fourth-order valence-electron chi connectivity index (χ4n) is 7.58. The molecule has 3 aliphatic carbocycles. The van der Waals surface area contributed by atoms with Gasteiger partial charge in [-0.05, 0) is 119 Å². The number of phenols is 1. The van der Waals surface area contributed by atoms with Crippen LogP contribution in [0.1, 0.15) is 90.2 Å². The Morgan fingerprint density at radius 1 is 1.17 bits per heavy atom. The van der Waals surface area contributed by atoms with Gasteiger partial charge in [-0.15, -0.1) is 0 Å². The normalized spacial score (nSPS) is 32.7. The third-order valence-electron chi connectivity index (χ3n) is 8.77. The standard InChI is InChI=1S/C26H38BrNO2/c1-15(2)28(16(3)4)24(30)13-18-7-9-22-20-8-6-17-12-19(29)14-23(27)25(17)21(20)10-11-26(18,22)5/h12,14-16,18,20-22,29H,6-11,13H2,1-5H3/t18-,20-,21+,22+,26-/m1/s1. The minimum absolute atomic E-state index is 0.266. The number of carbonyl (C=O) groups excluding carboxylic acids is 1. The van der Waals surface area contributed by atoms with Gasteiger partial charge in [0.15, 0.2) is 0 Å². The fourth-order valence-corrected chi connectivity index (χ4v) is 8.37. The summed E-state index contributed by atoms with van der Waals surface area (Å²) in [6.45, 7) is 11.0. The Morgan fingerprint density at radius 2 is 1.87 bits per heavy atom. The molecule has 1 N–H and O–H groups in total. The fraction of sp³-hybridized carbons (Fsp3) is 0.731. The van der Waals surface area contributed by atoms with E-state index < -0.39 is 0 Å². The number of benzene rings is 1. The molecule has 3 nitrogen and oxygen atoms in total. The highest BCUT2D eigenvalue weighted by Crippen LogP contribution is 2.64. The second-order valence-electron chi connectivity index (χ2n) is 10.9. The van der Waals surface area contributed by atoms with Crippen LogP contribution in [0.4, 0.5) is 0 Å². The van der Waals surface area contributed by atoms with Crippen molar-refractivity contribution in [3.05, 3.63) is 27.7 Å². The molecule has 0 bridgehead atoms. The second-order valence-corrected chi connectivity index (χ2v) is 11.8. The van der Waals surface area contributed by atoms with E-state index in [2.05, 4.69) is 55.4 Å². The average molecular weight is 476 g/mol. The number of aryl methyl sites for hydroxylation is 1. The smallest absolute Gasteiger partial charge is 0.223 e. The van der Waals surface area contributed by atoms with Gasteiger partial charge < -0.3 is 10.0 Å². The first-order valence-corrected chi connectivity index (χ1v) is 12.7. The largest absolute Gasteiger partial charge is 0.508 e. The van der Waals surface area contributed by atoms with Crippen LogP contribution in [0.5, 0.6) is 5.75 Å². The van der Waals surface area contributed by atoms with Gasteiger partial charge in [0.1, 0.15) is 5.75 Å². The van der Waals surface area contributed by atoms with E-state index in [0.29, 0.717) is 29.4 Å². The Balaban J connectivity index is 1.55. The van der Waals surface area contributed by atoms with Gasteiger partial charge in [-0.3, -0.25) is 4.79 Å². The van der Waals surface area contributed by atoms with E-state index in [1.165, 1.54) is 43.2 Å². The molecule has 0 radical (unpaired) electrons. The average Bonchev–Trinajstić information content (AvgIpc) is 2.96. The highest BCUT2D eigenvalue weighted by molar-refractivity contribution is 9.10. The van der Waals surface area contributed by atoms with Gasteiger partial charge in [0.25, 0.3) is 0 Å². The summed E-state index contributed by atoms with van der Waals surface area (Å²) in [5, 5.41) is 10.0. The summed E-state index contributed by atoms with van der Waals surface area (Å²) in [5.41, 5.74) is 3.08. The molecule has 0 heterocycles.